The maximum absolute atomic E-state index is 5.79. The molecule has 5 heteroatoms. The molecule has 3 rings (SSSR count). The fourth-order valence-corrected chi connectivity index (χ4v) is 3.53. The van der Waals surface area contributed by atoms with E-state index < -0.39 is 0 Å². The van der Waals surface area contributed by atoms with Gasteiger partial charge in [-0.25, -0.2) is 4.98 Å². The first-order chi connectivity index (χ1) is 9.28. The Balaban J connectivity index is 2.00. The van der Waals surface area contributed by atoms with Gasteiger partial charge in [-0.3, -0.25) is 0 Å². The van der Waals surface area contributed by atoms with E-state index in [0.29, 0.717) is 17.9 Å². The number of pyridine rings is 1. The second-order valence-corrected chi connectivity index (χ2v) is 6.25. The molecule has 0 saturated heterocycles. The van der Waals surface area contributed by atoms with Gasteiger partial charge in [0, 0.05) is 22.7 Å². The van der Waals surface area contributed by atoms with E-state index in [-0.39, 0.29) is 0 Å². The summed E-state index contributed by atoms with van der Waals surface area (Å²) in [4.78, 5) is 4.48. The zero-order valence-corrected chi connectivity index (χ0v) is 12.1. The number of hydrogen-bond donors (Lipinski definition) is 0. The van der Waals surface area contributed by atoms with Crippen LogP contribution >= 0.6 is 23.4 Å². The minimum Gasteiger partial charge on any atom is -0.454 e. The van der Waals surface area contributed by atoms with Crippen molar-refractivity contribution in [2.75, 3.05) is 12.7 Å². The van der Waals surface area contributed by atoms with Crippen molar-refractivity contribution in [1.29, 1.82) is 0 Å². The normalized spacial score (nSPS) is 14.8. The van der Waals surface area contributed by atoms with Crippen LogP contribution in [0.1, 0.15) is 13.3 Å². The van der Waals surface area contributed by atoms with Crippen LogP contribution in [0.4, 0.5) is 0 Å². The molecule has 2 heterocycles. The highest BCUT2D eigenvalue weighted by atomic mass is 35.5. The average Bonchev–Trinajstić information content (AvgIpc) is 2.84. The van der Waals surface area contributed by atoms with E-state index in [4.69, 9.17) is 21.1 Å². The predicted molar refractivity (Wildman–Crippen MR) is 78.5 cm³/mol. The summed E-state index contributed by atoms with van der Waals surface area (Å²) in [5.74, 6) is 2.28. The van der Waals surface area contributed by atoms with E-state index in [1.54, 1.807) is 11.8 Å². The summed E-state index contributed by atoms with van der Waals surface area (Å²) in [5, 5.41) is 3.70. The first kappa shape index (κ1) is 12.9. The molecule has 0 amide bonds. The predicted octanol–water partition coefficient (Wildman–Crippen LogP) is 4.07. The lowest BCUT2D eigenvalue weighted by Gasteiger charge is -2.11. The minimum absolute atomic E-state index is 0.296. The molecule has 1 aliphatic heterocycles. The smallest absolute Gasteiger partial charge is 0.231 e. The van der Waals surface area contributed by atoms with Gasteiger partial charge in [0.2, 0.25) is 6.79 Å². The third kappa shape index (κ3) is 2.60. The molecule has 0 fully saturated rings. The molecule has 0 bridgehead atoms. The van der Waals surface area contributed by atoms with Crippen LogP contribution < -0.4 is 9.47 Å². The minimum atomic E-state index is 0.296. The molecule has 1 aromatic heterocycles. The van der Waals surface area contributed by atoms with Gasteiger partial charge < -0.3 is 9.47 Å². The molecule has 0 radical (unpaired) electrons. The Labute approximate surface area is 121 Å². The molecule has 0 spiro atoms. The summed E-state index contributed by atoms with van der Waals surface area (Å²) < 4.78 is 10.8. The van der Waals surface area contributed by atoms with Gasteiger partial charge in [-0.1, -0.05) is 6.92 Å². The molecule has 1 aromatic carbocycles. The largest absolute Gasteiger partial charge is 0.454 e. The van der Waals surface area contributed by atoms with E-state index in [9.17, 15) is 0 Å². The van der Waals surface area contributed by atoms with E-state index in [1.165, 1.54) is 0 Å². The second kappa shape index (κ2) is 5.47. The average molecular weight is 296 g/mol. The summed E-state index contributed by atoms with van der Waals surface area (Å²) in [6, 6.07) is 6.02. The molecular weight excluding hydrogens is 282 g/mol. The highest BCUT2D eigenvalue weighted by Crippen LogP contribution is 2.39. The van der Waals surface area contributed by atoms with Gasteiger partial charge in [0.25, 0.3) is 0 Å². The third-order valence-electron chi connectivity index (χ3n) is 3.05. The molecule has 0 aliphatic carbocycles. The molecule has 19 heavy (non-hydrogen) atoms. The van der Waals surface area contributed by atoms with Crippen LogP contribution in [0.25, 0.3) is 10.8 Å². The van der Waals surface area contributed by atoms with E-state index in [1.807, 2.05) is 24.4 Å². The highest BCUT2D eigenvalue weighted by molar-refractivity contribution is 8.00. The molecular formula is C14H14ClNO2S. The van der Waals surface area contributed by atoms with Crippen molar-refractivity contribution in [2.24, 2.45) is 0 Å². The third-order valence-corrected chi connectivity index (χ3v) is 4.45. The Morgan fingerprint density at radius 2 is 2.16 bits per heavy atom. The molecule has 3 nitrogen and oxygen atoms in total. The zero-order chi connectivity index (χ0) is 13.2. The second-order valence-electron chi connectivity index (χ2n) is 4.45. The van der Waals surface area contributed by atoms with Crippen molar-refractivity contribution >= 4 is 34.1 Å². The van der Waals surface area contributed by atoms with Gasteiger partial charge in [0.1, 0.15) is 5.03 Å². The summed E-state index contributed by atoms with van der Waals surface area (Å²) in [6.07, 6.45) is 2.80. The molecule has 0 saturated carbocycles. The number of halogens is 1. The summed E-state index contributed by atoms with van der Waals surface area (Å²) in [6.45, 7) is 2.46. The van der Waals surface area contributed by atoms with Crippen molar-refractivity contribution in [2.45, 2.75) is 23.6 Å². The van der Waals surface area contributed by atoms with Crippen LogP contribution in [0.3, 0.4) is 0 Å². The van der Waals surface area contributed by atoms with Gasteiger partial charge in [-0.15, -0.1) is 23.4 Å². The van der Waals surface area contributed by atoms with Gasteiger partial charge in [0.15, 0.2) is 11.5 Å². The lowest BCUT2D eigenvalue weighted by Crippen LogP contribution is -1.97. The van der Waals surface area contributed by atoms with Crippen LogP contribution in [0.5, 0.6) is 11.5 Å². The van der Waals surface area contributed by atoms with Crippen molar-refractivity contribution < 1.29 is 9.47 Å². The van der Waals surface area contributed by atoms with Crippen LogP contribution in [-0.4, -0.2) is 22.9 Å². The fourth-order valence-electron chi connectivity index (χ4n) is 2.03. The summed E-state index contributed by atoms with van der Waals surface area (Å²) in [7, 11) is 0. The first-order valence-corrected chi connectivity index (χ1v) is 7.60. The Bertz CT molecular complexity index is 605. The van der Waals surface area contributed by atoms with Crippen LogP contribution in [0.2, 0.25) is 0 Å². The van der Waals surface area contributed by atoms with Crippen molar-refractivity contribution in [3.8, 4) is 11.5 Å². The number of ether oxygens (including phenoxy) is 2. The number of thioether (sulfide) groups is 1. The molecule has 1 aliphatic rings. The van der Waals surface area contributed by atoms with Crippen molar-refractivity contribution in [3.63, 3.8) is 0 Å². The Morgan fingerprint density at radius 3 is 2.95 bits per heavy atom. The van der Waals surface area contributed by atoms with Crippen LogP contribution in [-0.2, 0) is 0 Å². The molecule has 2 aromatic rings. The number of hydrogen-bond acceptors (Lipinski definition) is 4. The maximum Gasteiger partial charge on any atom is 0.231 e. The van der Waals surface area contributed by atoms with Gasteiger partial charge in [0.05, 0.1) is 0 Å². The molecule has 100 valence electrons. The number of rotatable bonds is 4. The summed E-state index contributed by atoms with van der Waals surface area (Å²) >= 11 is 7.54. The quantitative estimate of drug-likeness (QED) is 0.628. The van der Waals surface area contributed by atoms with Gasteiger partial charge in [-0.2, -0.15) is 0 Å². The number of fused-ring (bicyclic) bond motifs is 2. The van der Waals surface area contributed by atoms with E-state index in [2.05, 4.69) is 11.9 Å². The highest BCUT2D eigenvalue weighted by Gasteiger charge is 2.16. The first-order valence-electron chi connectivity index (χ1n) is 6.19. The van der Waals surface area contributed by atoms with E-state index >= 15 is 0 Å². The Morgan fingerprint density at radius 1 is 1.37 bits per heavy atom. The zero-order valence-electron chi connectivity index (χ0n) is 10.6. The molecule has 1 atom stereocenters. The number of nitrogens with zero attached hydrogens (tertiary/aromatic N) is 1. The standard InChI is InChI=1S/C14H14ClNO2S/c1-9(2-4-15)19-14-11-7-13-12(17-8-18-13)6-10(11)3-5-16-14/h3,5-7,9H,2,4,8H2,1H3. The number of alkyl halides is 1. The van der Waals surface area contributed by atoms with Crippen LogP contribution in [0.15, 0.2) is 29.4 Å². The topological polar surface area (TPSA) is 31.4 Å². The molecule has 0 N–H and O–H groups in total. The van der Waals surface area contributed by atoms with Crippen molar-refractivity contribution in [1.82, 2.24) is 4.98 Å². The van der Waals surface area contributed by atoms with Gasteiger partial charge in [-0.05, 0) is 30.0 Å². The monoisotopic (exact) mass is 295 g/mol. The Hall–Kier alpha value is -1.13. The van der Waals surface area contributed by atoms with Crippen LogP contribution in [0, 0.1) is 0 Å². The molecule has 1 unspecified atom stereocenters. The SMILES string of the molecule is CC(CCCl)Sc1nccc2cc3c(cc12)OCO3. The van der Waals surface area contributed by atoms with Crippen molar-refractivity contribution in [3.05, 3.63) is 24.4 Å². The summed E-state index contributed by atoms with van der Waals surface area (Å²) in [5.41, 5.74) is 0. The lowest BCUT2D eigenvalue weighted by molar-refractivity contribution is 0.174. The van der Waals surface area contributed by atoms with E-state index in [0.717, 1.165) is 33.7 Å². The lowest BCUT2D eigenvalue weighted by atomic mass is 10.1. The number of aromatic nitrogens is 1. The Kier molecular flexibility index (Phi) is 3.71. The fraction of sp³-hybridized carbons (Fsp3) is 0.357. The number of benzene rings is 1. The maximum atomic E-state index is 5.79. The van der Waals surface area contributed by atoms with Gasteiger partial charge >= 0.3 is 0 Å².